The number of carbonyl (C=O) groups is 2. The van der Waals surface area contributed by atoms with Crippen LogP contribution in [0.15, 0.2) is 66.7 Å². The molecule has 1 aliphatic rings. The van der Waals surface area contributed by atoms with Crippen molar-refractivity contribution in [2.24, 2.45) is 11.8 Å². The molecular weight excluding hydrogens is 380 g/mol. The fourth-order valence-corrected chi connectivity index (χ4v) is 3.99. The lowest BCUT2D eigenvalue weighted by molar-refractivity contribution is -0.169. The van der Waals surface area contributed by atoms with E-state index in [1.165, 1.54) is 7.11 Å². The molecule has 4 atom stereocenters. The number of hydrogen-bond acceptors (Lipinski definition) is 5. The van der Waals surface area contributed by atoms with Gasteiger partial charge in [-0.25, -0.2) is 4.79 Å². The molecule has 0 aliphatic carbocycles. The highest BCUT2D eigenvalue weighted by Crippen LogP contribution is 2.48. The molecule has 1 aliphatic heterocycles. The Labute approximate surface area is 177 Å². The smallest absolute Gasteiger partial charge is 0.337 e. The Hall–Kier alpha value is -2.92. The van der Waals surface area contributed by atoms with Gasteiger partial charge in [-0.05, 0) is 43.5 Å². The second kappa shape index (κ2) is 9.72. The molecule has 2 aromatic rings. The van der Waals surface area contributed by atoms with Crippen LogP contribution in [0.3, 0.4) is 0 Å². The molecule has 3 rings (SSSR count). The van der Waals surface area contributed by atoms with Crippen LogP contribution in [0.2, 0.25) is 0 Å². The molecule has 0 spiro atoms. The minimum Gasteiger partial charge on any atom is -0.466 e. The van der Waals surface area contributed by atoms with E-state index >= 15 is 0 Å². The molecule has 0 N–H and O–H groups in total. The van der Waals surface area contributed by atoms with Gasteiger partial charge in [0.2, 0.25) is 0 Å². The first-order valence-corrected chi connectivity index (χ1v) is 10.2. The Kier molecular flexibility index (Phi) is 7.06. The number of carbonyl (C=O) groups excluding carboxylic acids is 2. The van der Waals surface area contributed by atoms with Crippen LogP contribution < -0.4 is 0 Å². The summed E-state index contributed by atoms with van der Waals surface area (Å²) in [5.74, 6) is -1.10. The van der Waals surface area contributed by atoms with Gasteiger partial charge in [0.25, 0.3) is 0 Å². The molecule has 158 valence electrons. The maximum absolute atomic E-state index is 12.8. The second-order valence-electron chi connectivity index (χ2n) is 7.55. The third-order valence-electron chi connectivity index (χ3n) is 5.54. The minimum absolute atomic E-state index is 0.0525. The fourth-order valence-electron chi connectivity index (χ4n) is 3.99. The molecule has 0 amide bonds. The van der Waals surface area contributed by atoms with Gasteiger partial charge in [-0.15, -0.1) is 0 Å². The van der Waals surface area contributed by atoms with Gasteiger partial charge in [0.05, 0.1) is 37.4 Å². The van der Waals surface area contributed by atoms with Crippen LogP contribution in [0.1, 0.15) is 54.0 Å². The van der Waals surface area contributed by atoms with Gasteiger partial charge in [-0.3, -0.25) is 4.79 Å². The van der Waals surface area contributed by atoms with E-state index in [4.69, 9.17) is 14.2 Å². The summed E-state index contributed by atoms with van der Waals surface area (Å²) in [6.07, 6.45) is -0.131. The molecule has 2 aromatic carbocycles. The second-order valence-corrected chi connectivity index (χ2v) is 7.55. The first-order chi connectivity index (χ1) is 14.5. The molecule has 1 fully saturated rings. The van der Waals surface area contributed by atoms with Crippen molar-refractivity contribution in [3.63, 3.8) is 0 Å². The van der Waals surface area contributed by atoms with E-state index in [2.05, 4.69) is 6.58 Å². The predicted molar refractivity (Wildman–Crippen MR) is 114 cm³/mol. The molecule has 1 saturated heterocycles. The third kappa shape index (κ3) is 4.62. The molecule has 0 bridgehead atoms. The van der Waals surface area contributed by atoms with E-state index in [0.717, 1.165) is 16.7 Å². The molecule has 5 heteroatoms. The Balaban J connectivity index is 1.97. The summed E-state index contributed by atoms with van der Waals surface area (Å²) in [5, 5.41) is 0. The summed E-state index contributed by atoms with van der Waals surface area (Å²) in [4.78, 5) is 24.5. The van der Waals surface area contributed by atoms with Gasteiger partial charge in [0.15, 0.2) is 0 Å². The van der Waals surface area contributed by atoms with E-state index in [-0.39, 0.29) is 24.0 Å². The maximum atomic E-state index is 12.8. The standard InChI is InChI=1S/C25H28O5/c1-5-29-25(27)21-15-20(16(2)3)22(30-23(21)17-9-7-6-8-10-17)18-11-13-19(14-12-18)24(26)28-4/h6-14,20-23H,2,5,15H2,1,3-4H3/t20-,21-,22-,23+/m0/s1. The van der Waals surface area contributed by atoms with Gasteiger partial charge in [-0.2, -0.15) is 0 Å². The number of benzene rings is 2. The van der Waals surface area contributed by atoms with Gasteiger partial charge in [-0.1, -0.05) is 54.6 Å². The minimum atomic E-state index is -0.425. The van der Waals surface area contributed by atoms with Gasteiger partial charge in [0, 0.05) is 5.92 Å². The average Bonchev–Trinajstić information content (AvgIpc) is 2.78. The lowest BCUT2D eigenvalue weighted by atomic mass is 9.76. The normalized spacial score (nSPS) is 23.4. The lowest BCUT2D eigenvalue weighted by Gasteiger charge is -2.41. The first-order valence-electron chi connectivity index (χ1n) is 10.2. The first kappa shape index (κ1) is 21.8. The van der Waals surface area contributed by atoms with Crippen molar-refractivity contribution in [3.8, 4) is 0 Å². The number of ether oxygens (including phenoxy) is 3. The average molecular weight is 408 g/mol. The summed E-state index contributed by atoms with van der Waals surface area (Å²) in [5.41, 5.74) is 3.29. The molecule has 0 unspecified atom stereocenters. The fraction of sp³-hybridized carbons (Fsp3) is 0.360. The largest absolute Gasteiger partial charge is 0.466 e. The van der Waals surface area contributed by atoms with Gasteiger partial charge >= 0.3 is 11.9 Å². The summed E-state index contributed by atoms with van der Waals surface area (Å²) < 4.78 is 16.7. The van der Waals surface area contributed by atoms with E-state index < -0.39 is 12.0 Å². The van der Waals surface area contributed by atoms with Crippen LogP contribution in [0.25, 0.3) is 0 Å². The van der Waals surface area contributed by atoms with Crippen LogP contribution in [0, 0.1) is 11.8 Å². The highest BCUT2D eigenvalue weighted by molar-refractivity contribution is 5.89. The highest BCUT2D eigenvalue weighted by atomic mass is 16.5. The van der Waals surface area contributed by atoms with Crippen LogP contribution >= 0.6 is 0 Å². The quantitative estimate of drug-likeness (QED) is 0.495. The maximum Gasteiger partial charge on any atom is 0.337 e. The van der Waals surface area contributed by atoms with Crippen LogP contribution in [0.5, 0.6) is 0 Å². The topological polar surface area (TPSA) is 61.8 Å². The van der Waals surface area contributed by atoms with Crippen molar-refractivity contribution in [1.29, 1.82) is 0 Å². The highest BCUT2D eigenvalue weighted by Gasteiger charge is 2.43. The van der Waals surface area contributed by atoms with Crippen molar-refractivity contribution in [2.45, 2.75) is 32.5 Å². The molecule has 0 saturated carbocycles. The monoisotopic (exact) mass is 408 g/mol. The Morgan fingerprint density at radius 2 is 1.60 bits per heavy atom. The number of esters is 2. The SMILES string of the molecule is C=C(C)[C@@H]1C[C@H](C(=O)OCC)[C@@H](c2ccccc2)O[C@H]1c1ccc(C(=O)OC)cc1. The van der Waals surface area contributed by atoms with Crippen molar-refractivity contribution >= 4 is 11.9 Å². The van der Waals surface area contributed by atoms with E-state index in [9.17, 15) is 9.59 Å². The molecule has 0 aromatic heterocycles. The summed E-state index contributed by atoms with van der Waals surface area (Å²) in [6.45, 7) is 8.23. The molecule has 1 heterocycles. The van der Waals surface area contributed by atoms with Gasteiger partial charge in [0.1, 0.15) is 0 Å². The van der Waals surface area contributed by atoms with E-state index in [1.807, 2.05) is 49.4 Å². The zero-order valence-electron chi connectivity index (χ0n) is 17.7. The van der Waals surface area contributed by atoms with Crippen LogP contribution in [-0.4, -0.2) is 25.7 Å². The van der Waals surface area contributed by atoms with E-state index in [1.54, 1.807) is 19.1 Å². The molecule has 0 radical (unpaired) electrons. The van der Waals surface area contributed by atoms with Crippen LogP contribution in [0.4, 0.5) is 0 Å². The molecular formula is C25H28O5. The van der Waals surface area contributed by atoms with Crippen molar-refractivity contribution in [2.75, 3.05) is 13.7 Å². The van der Waals surface area contributed by atoms with E-state index in [0.29, 0.717) is 18.6 Å². The Morgan fingerprint density at radius 3 is 2.17 bits per heavy atom. The number of rotatable bonds is 6. The Morgan fingerprint density at radius 1 is 1.00 bits per heavy atom. The van der Waals surface area contributed by atoms with Crippen molar-refractivity contribution in [3.05, 3.63) is 83.4 Å². The van der Waals surface area contributed by atoms with Crippen molar-refractivity contribution in [1.82, 2.24) is 0 Å². The molecule has 30 heavy (non-hydrogen) atoms. The summed E-state index contributed by atoms with van der Waals surface area (Å²) >= 11 is 0. The number of methoxy groups -OCH3 is 1. The van der Waals surface area contributed by atoms with Crippen LogP contribution in [-0.2, 0) is 19.0 Å². The third-order valence-corrected chi connectivity index (χ3v) is 5.54. The zero-order chi connectivity index (χ0) is 21.7. The number of hydrogen-bond donors (Lipinski definition) is 0. The summed E-state index contributed by atoms with van der Waals surface area (Å²) in [6, 6.07) is 17.0. The van der Waals surface area contributed by atoms with Crippen molar-refractivity contribution < 1.29 is 23.8 Å². The predicted octanol–water partition coefficient (Wildman–Crippen LogP) is 5.05. The zero-order valence-corrected chi connectivity index (χ0v) is 17.7. The lowest BCUT2D eigenvalue weighted by Crippen LogP contribution is -2.37. The Bertz CT molecular complexity index is 888. The van der Waals surface area contributed by atoms with Gasteiger partial charge < -0.3 is 14.2 Å². The molecule has 5 nitrogen and oxygen atoms in total. The summed E-state index contributed by atoms with van der Waals surface area (Å²) in [7, 11) is 1.36.